The van der Waals surface area contributed by atoms with Crippen LogP contribution in [0.2, 0.25) is 0 Å². The smallest absolute Gasteiger partial charge is 0.135 e. The third kappa shape index (κ3) is 4.26. The van der Waals surface area contributed by atoms with Crippen molar-refractivity contribution in [2.75, 3.05) is 5.32 Å². The molecule has 19 heavy (non-hydrogen) atoms. The standard InChI is InChI=1S/C13H12Br3N3/c1-2-3-12-18-11(16)7-13(19-12)17-10-5-4-8(14)6-9(10)15/h4-7H,2-3H2,1H3,(H,17,18,19). The largest absolute Gasteiger partial charge is 0.339 e. The molecule has 3 nitrogen and oxygen atoms in total. The van der Waals surface area contributed by atoms with E-state index in [-0.39, 0.29) is 0 Å². The monoisotopic (exact) mass is 447 g/mol. The third-order valence-electron chi connectivity index (χ3n) is 2.41. The number of benzene rings is 1. The van der Waals surface area contributed by atoms with E-state index in [0.717, 1.165) is 43.7 Å². The first kappa shape index (κ1) is 14.9. The molecule has 0 saturated heterocycles. The summed E-state index contributed by atoms with van der Waals surface area (Å²) in [4.78, 5) is 8.85. The van der Waals surface area contributed by atoms with Gasteiger partial charge < -0.3 is 5.32 Å². The van der Waals surface area contributed by atoms with E-state index in [0.29, 0.717) is 0 Å². The fourth-order valence-corrected chi connectivity index (χ4v) is 3.16. The molecule has 1 aromatic heterocycles. The van der Waals surface area contributed by atoms with Crippen LogP contribution in [0.3, 0.4) is 0 Å². The van der Waals surface area contributed by atoms with Crippen molar-refractivity contribution < 1.29 is 0 Å². The highest BCUT2D eigenvalue weighted by Gasteiger charge is 2.05. The molecule has 0 aliphatic heterocycles. The molecular formula is C13H12Br3N3. The van der Waals surface area contributed by atoms with Crippen molar-refractivity contribution in [2.45, 2.75) is 19.8 Å². The predicted molar refractivity (Wildman–Crippen MR) is 88.9 cm³/mol. The second-order valence-corrected chi connectivity index (χ2v) is 6.57. The van der Waals surface area contributed by atoms with Crippen LogP contribution in [0.15, 0.2) is 37.8 Å². The summed E-state index contributed by atoms with van der Waals surface area (Å²) in [6, 6.07) is 7.83. The van der Waals surface area contributed by atoms with Crippen LogP contribution in [0.4, 0.5) is 11.5 Å². The van der Waals surface area contributed by atoms with Gasteiger partial charge >= 0.3 is 0 Å². The van der Waals surface area contributed by atoms with Crippen LogP contribution in [0.5, 0.6) is 0 Å². The molecule has 100 valence electrons. The number of aryl methyl sites for hydroxylation is 1. The number of hydrogen-bond acceptors (Lipinski definition) is 3. The summed E-state index contributed by atoms with van der Waals surface area (Å²) in [5.74, 6) is 1.63. The molecule has 0 radical (unpaired) electrons. The minimum atomic E-state index is 0.786. The average molecular weight is 450 g/mol. The number of nitrogens with zero attached hydrogens (tertiary/aromatic N) is 2. The zero-order valence-electron chi connectivity index (χ0n) is 10.3. The quantitative estimate of drug-likeness (QED) is 0.630. The van der Waals surface area contributed by atoms with E-state index in [2.05, 4.69) is 70.0 Å². The summed E-state index contributed by atoms with van der Waals surface area (Å²) in [6.45, 7) is 2.11. The molecule has 0 amide bonds. The average Bonchev–Trinajstić information content (AvgIpc) is 2.32. The Kier molecular flexibility index (Phi) is 5.36. The number of halogens is 3. The highest BCUT2D eigenvalue weighted by molar-refractivity contribution is 9.11. The van der Waals surface area contributed by atoms with E-state index < -0.39 is 0 Å². The van der Waals surface area contributed by atoms with Gasteiger partial charge in [-0.15, -0.1) is 0 Å². The number of rotatable bonds is 4. The third-order valence-corrected chi connectivity index (χ3v) is 3.96. The Labute approximate surface area is 137 Å². The van der Waals surface area contributed by atoms with Crippen molar-refractivity contribution >= 4 is 59.3 Å². The predicted octanol–water partition coefficient (Wildman–Crippen LogP) is 5.46. The van der Waals surface area contributed by atoms with Gasteiger partial charge in [0.1, 0.15) is 16.2 Å². The molecule has 0 spiro atoms. The van der Waals surface area contributed by atoms with Crippen LogP contribution in [0.25, 0.3) is 0 Å². The number of aromatic nitrogens is 2. The Morgan fingerprint density at radius 2 is 1.89 bits per heavy atom. The van der Waals surface area contributed by atoms with Crippen molar-refractivity contribution in [3.8, 4) is 0 Å². The van der Waals surface area contributed by atoms with Crippen molar-refractivity contribution in [2.24, 2.45) is 0 Å². The SMILES string of the molecule is CCCc1nc(Br)cc(Nc2ccc(Br)cc2Br)n1. The molecule has 0 aliphatic carbocycles. The van der Waals surface area contributed by atoms with E-state index >= 15 is 0 Å². The van der Waals surface area contributed by atoms with Crippen molar-refractivity contribution in [3.63, 3.8) is 0 Å². The van der Waals surface area contributed by atoms with Gasteiger partial charge in [-0.1, -0.05) is 22.9 Å². The lowest BCUT2D eigenvalue weighted by atomic mass is 10.3. The van der Waals surface area contributed by atoms with Crippen LogP contribution in [0, 0.1) is 0 Å². The first-order valence-corrected chi connectivity index (χ1v) is 8.22. The molecular weight excluding hydrogens is 438 g/mol. The van der Waals surface area contributed by atoms with Crippen LogP contribution in [-0.2, 0) is 6.42 Å². The summed E-state index contributed by atoms with van der Waals surface area (Å²) >= 11 is 10.4. The highest BCUT2D eigenvalue weighted by Crippen LogP contribution is 2.28. The van der Waals surface area contributed by atoms with Crippen molar-refractivity contribution in [3.05, 3.63) is 43.6 Å². The van der Waals surface area contributed by atoms with Crippen molar-refractivity contribution in [1.82, 2.24) is 9.97 Å². The lowest BCUT2D eigenvalue weighted by Crippen LogP contribution is -2.01. The summed E-state index contributed by atoms with van der Waals surface area (Å²) < 4.78 is 2.80. The molecule has 0 unspecified atom stereocenters. The molecule has 0 bridgehead atoms. The van der Waals surface area contributed by atoms with Crippen LogP contribution in [-0.4, -0.2) is 9.97 Å². The number of anilines is 2. The molecule has 6 heteroatoms. The molecule has 2 rings (SSSR count). The van der Waals surface area contributed by atoms with E-state index in [1.807, 2.05) is 24.3 Å². The fraction of sp³-hybridized carbons (Fsp3) is 0.231. The minimum absolute atomic E-state index is 0.786. The van der Waals surface area contributed by atoms with Crippen LogP contribution in [0.1, 0.15) is 19.2 Å². The lowest BCUT2D eigenvalue weighted by Gasteiger charge is -2.09. The topological polar surface area (TPSA) is 37.8 Å². The minimum Gasteiger partial charge on any atom is -0.339 e. The van der Waals surface area contributed by atoms with Gasteiger partial charge in [0.2, 0.25) is 0 Å². The van der Waals surface area contributed by atoms with Gasteiger partial charge in [0, 0.05) is 21.4 Å². The van der Waals surface area contributed by atoms with Gasteiger partial charge in [-0.25, -0.2) is 9.97 Å². The molecule has 0 saturated carbocycles. The molecule has 1 N–H and O–H groups in total. The lowest BCUT2D eigenvalue weighted by molar-refractivity contribution is 0.831. The van der Waals surface area contributed by atoms with Crippen LogP contribution < -0.4 is 5.32 Å². The molecule has 0 aliphatic rings. The van der Waals surface area contributed by atoms with Crippen molar-refractivity contribution in [1.29, 1.82) is 0 Å². The normalized spacial score (nSPS) is 10.5. The molecule has 0 atom stereocenters. The highest BCUT2D eigenvalue weighted by atomic mass is 79.9. The molecule has 2 aromatic rings. The Bertz CT molecular complexity index is 587. The van der Waals surface area contributed by atoms with Gasteiger partial charge in [0.15, 0.2) is 0 Å². The Hall–Kier alpha value is -0.460. The maximum atomic E-state index is 4.50. The van der Waals surface area contributed by atoms with Crippen LogP contribution >= 0.6 is 47.8 Å². The van der Waals surface area contributed by atoms with E-state index in [9.17, 15) is 0 Å². The van der Waals surface area contributed by atoms with Gasteiger partial charge in [0.05, 0.1) is 5.69 Å². The molecule has 1 heterocycles. The first-order chi connectivity index (χ1) is 9.08. The summed E-state index contributed by atoms with van der Waals surface area (Å²) in [6.07, 6.45) is 1.90. The Morgan fingerprint density at radius 3 is 2.58 bits per heavy atom. The van der Waals surface area contributed by atoms with Gasteiger partial charge in [0.25, 0.3) is 0 Å². The maximum absolute atomic E-state index is 4.50. The number of hydrogen-bond donors (Lipinski definition) is 1. The summed E-state index contributed by atoms with van der Waals surface area (Å²) in [5, 5.41) is 3.29. The number of nitrogens with one attached hydrogen (secondary N) is 1. The summed E-state index contributed by atoms with van der Waals surface area (Å²) in [7, 11) is 0. The van der Waals surface area contributed by atoms with Gasteiger partial charge in [-0.05, 0) is 56.5 Å². The first-order valence-electron chi connectivity index (χ1n) is 5.84. The zero-order chi connectivity index (χ0) is 13.8. The molecule has 1 aromatic carbocycles. The second-order valence-electron chi connectivity index (χ2n) is 3.99. The second kappa shape index (κ2) is 6.81. The van der Waals surface area contributed by atoms with E-state index in [4.69, 9.17) is 0 Å². The van der Waals surface area contributed by atoms with Gasteiger partial charge in [-0.2, -0.15) is 0 Å². The fourth-order valence-electron chi connectivity index (χ4n) is 1.59. The van der Waals surface area contributed by atoms with Gasteiger partial charge in [-0.3, -0.25) is 0 Å². The Morgan fingerprint density at radius 1 is 1.11 bits per heavy atom. The Balaban J connectivity index is 2.27. The zero-order valence-corrected chi connectivity index (χ0v) is 15.0. The maximum Gasteiger partial charge on any atom is 0.135 e. The summed E-state index contributed by atoms with van der Waals surface area (Å²) in [5.41, 5.74) is 0.969. The van der Waals surface area contributed by atoms with E-state index in [1.165, 1.54) is 0 Å². The molecule has 0 fully saturated rings. The van der Waals surface area contributed by atoms with E-state index in [1.54, 1.807) is 0 Å².